The minimum atomic E-state index is -0.920. The lowest BCUT2D eigenvalue weighted by Gasteiger charge is -2.08. The zero-order valence-electron chi connectivity index (χ0n) is 13.4. The smallest absolute Gasteiger partial charge is 0.324 e. The number of hydrogen-bond donors (Lipinski definition) is 3. The van der Waals surface area contributed by atoms with E-state index in [4.69, 9.17) is 10.5 Å². The van der Waals surface area contributed by atoms with Gasteiger partial charge in [0.2, 0.25) is 0 Å². The molecule has 0 radical (unpaired) electrons. The average Bonchev–Trinajstić information content (AvgIpc) is 2.94. The minimum absolute atomic E-state index is 0.141. The summed E-state index contributed by atoms with van der Waals surface area (Å²) < 4.78 is 32.4. The van der Waals surface area contributed by atoms with Crippen molar-refractivity contribution in [1.29, 1.82) is 0 Å². The number of urea groups is 1. The fourth-order valence-corrected chi connectivity index (χ4v) is 3.52. The van der Waals surface area contributed by atoms with Gasteiger partial charge in [-0.2, -0.15) is 0 Å². The third-order valence-electron chi connectivity index (χ3n) is 3.55. The first-order valence-electron chi connectivity index (χ1n) is 7.32. The quantitative estimate of drug-likeness (QED) is 0.643. The molecule has 0 aliphatic rings. The van der Waals surface area contributed by atoms with Gasteiger partial charge in [0.1, 0.15) is 22.4 Å². The van der Waals surface area contributed by atoms with E-state index in [1.807, 2.05) is 0 Å². The molecule has 0 aliphatic heterocycles. The van der Waals surface area contributed by atoms with E-state index < -0.39 is 23.6 Å². The maximum Gasteiger partial charge on any atom is 0.324 e. The van der Waals surface area contributed by atoms with Gasteiger partial charge < -0.3 is 15.8 Å². The molecule has 6 nitrogen and oxygen atoms in total. The molecule has 9 heteroatoms. The molecule has 3 amide bonds. The Morgan fingerprint density at radius 3 is 2.54 bits per heavy atom. The van der Waals surface area contributed by atoms with Crippen LogP contribution in [0.15, 0.2) is 36.4 Å². The average molecular weight is 377 g/mol. The van der Waals surface area contributed by atoms with E-state index in [9.17, 15) is 18.4 Å². The van der Waals surface area contributed by atoms with Crippen LogP contribution in [0.5, 0.6) is 5.75 Å². The van der Waals surface area contributed by atoms with Gasteiger partial charge in [-0.15, -0.1) is 11.3 Å². The number of carbonyl (C=O) groups is 2. The summed E-state index contributed by atoms with van der Waals surface area (Å²) in [6.07, 6.45) is 0. The number of amides is 3. The van der Waals surface area contributed by atoms with Crippen LogP contribution in [-0.4, -0.2) is 19.0 Å². The molecule has 0 saturated carbocycles. The first kappa shape index (κ1) is 17.6. The monoisotopic (exact) mass is 377 g/mol. The highest BCUT2D eigenvalue weighted by Gasteiger charge is 2.19. The Hall–Kier alpha value is -3.20. The van der Waals surface area contributed by atoms with Crippen LogP contribution in [0.2, 0.25) is 0 Å². The van der Waals surface area contributed by atoms with Crippen molar-refractivity contribution >= 4 is 44.0 Å². The lowest BCUT2D eigenvalue weighted by atomic mass is 10.1. The summed E-state index contributed by atoms with van der Waals surface area (Å²) in [5, 5.41) is 5.50. The van der Waals surface area contributed by atoms with Gasteiger partial charge in [0, 0.05) is 16.2 Å². The van der Waals surface area contributed by atoms with Crippen LogP contribution in [0, 0.1) is 11.6 Å². The maximum absolute atomic E-state index is 13.6. The molecule has 0 aliphatic carbocycles. The van der Waals surface area contributed by atoms with Crippen LogP contribution in [0.3, 0.4) is 0 Å². The fraction of sp³-hybridized carbons (Fsp3) is 0.0588. The number of nitrogens with one attached hydrogen (secondary N) is 2. The topological polar surface area (TPSA) is 93.4 Å². The Morgan fingerprint density at radius 2 is 1.88 bits per heavy atom. The van der Waals surface area contributed by atoms with Gasteiger partial charge in [-0.25, -0.2) is 13.6 Å². The lowest BCUT2D eigenvalue weighted by Crippen LogP contribution is -2.22. The van der Waals surface area contributed by atoms with Crippen LogP contribution < -0.4 is 21.1 Å². The van der Waals surface area contributed by atoms with Gasteiger partial charge in [0.15, 0.2) is 0 Å². The molecule has 3 aromatic rings. The molecule has 1 aromatic heterocycles. The van der Waals surface area contributed by atoms with Gasteiger partial charge in [-0.05, 0) is 30.3 Å². The molecular weight excluding hydrogens is 364 g/mol. The van der Waals surface area contributed by atoms with E-state index in [2.05, 4.69) is 10.6 Å². The van der Waals surface area contributed by atoms with Crippen LogP contribution in [0.1, 0.15) is 10.4 Å². The van der Waals surface area contributed by atoms with Crippen LogP contribution in [0.4, 0.5) is 24.3 Å². The Kier molecular flexibility index (Phi) is 4.72. The fourth-order valence-electron chi connectivity index (χ4n) is 2.38. The molecule has 4 N–H and O–H groups in total. The summed E-state index contributed by atoms with van der Waals surface area (Å²) in [5.74, 6) is -1.82. The van der Waals surface area contributed by atoms with E-state index >= 15 is 0 Å². The zero-order valence-corrected chi connectivity index (χ0v) is 14.2. The molecule has 0 fully saturated rings. The number of carbonyl (C=O) groups excluding carboxylic acids is 2. The number of thiophene rings is 1. The molecule has 0 bridgehead atoms. The maximum atomic E-state index is 13.6. The van der Waals surface area contributed by atoms with Crippen molar-refractivity contribution in [2.45, 2.75) is 0 Å². The summed E-state index contributed by atoms with van der Waals surface area (Å²) in [6, 6.07) is 6.99. The van der Waals surface area contributed by atoms with E-state index in [1.165, 1.54) is 7.11 Å². The van der Waals surface area contributed by atoms with Crippen molar-refractivity contribution in [2.75, 3.05) is 17.7 Å². The van der Waals surface area contributed by atoms with E-state index in [1.54, 1.807) is 18.2 Å². The van der Waals surface area contributed by atoms with Gasteiger partial charge in [-0.3, -0.25) is 10.1 Å². The van der Waals surface area contributed by atoms with Crippen molar-refractivity contribution in [2.24, 2.45) is 5.73 Å². The number of hydrogen-bond acceptors (Lipinski definition) is 4. The highest BCUT2D eigenvalue weighted by Crippen LogP contribution is 2.37. The second-order valence-electron chi connectivity index (χ2n) is 5.24. The van der Waals surface area contributed by atoms with Gasteiger partial charge >= 0.3 is 6.03 Å². The predicted molar refractivity (Wildman–Crippen MR) is 95.9 cm³/mol. The van der Waals surface area contributed by atoms with E-state index in [0.29, 0.717) is 21.9 Å². The number of rotatable bonds is 4. The molecular formula is C17H13F2N3O3S. The second-order valence-corrected chi connectivity index (χ2v) is 6.29. The summed E-state index contributed by atoms with van der Waals surface area (Å²) in [4.78, 5) is 23.9. The molecule has 2 aromatic carbocycles. The minimum Gasteiger partial charge on any atom is -0.497 e. The number of nitrogens with two attached hydrogens (primary N) is 1. The van der Waals surface area contributed by atoms with Crippen molar-refractivity contribution in [3.05, 3.63) is 53.6 Å². The normalized spacial score (nSPS) is 10.6. The third-order valence-corrected chi connectivity index (χ3v) is 4.62. The number of halogens is 2. The van der Waals surface area contributed by atoms with Crippen LogP contribution >= 0.6 is 11.3 Å². The zero-order chi connectivity index (χ0) is 18.8. The molecule has 0 atom stereocenters. The molecule has 3 rings (SSSR count). The lowest BCUT2D eigenvalue weighted by molar-refractivity contribution is 0.100. The number of primary amides is 1. The summed E-state index contributed by atoms with van der Waals surface area (Å²) >= 11 is 1.12. The van der Waals surface area contributed by atoms with Gasteiger partial charge in [0.05, 0.1) is 18.4 Å². The standard InChI is InChI=1S/C17H13F2N3O3S/c1-25-9-3-4-10-13(7-9)26-16(14(10)15(20)23)22-17(24)21-12-5-2-8(18)6-11(12)19/h2-7H,1H3,(H2,20,23)(H2,21,22,24). The SMILES string of the molecule is COc1ccc2c(C(N)=O)c(NC(=O)Nc3ccc(F)cc3F)sc2c1. The Bertz CT molecular complexity index is 1020. The molecule has 0 saturated heterocycles. The molecule has 26 heavy (non-hydrogen) atoms. The predicted octanol–water partition coefficient (Wildman–Crippen LogP) is 3.93. The van der Waals surface area contributed by atoms with Crippen molar-refractivity contribution in [1.82, 2.24) is 0 Å². The molecule has 134 valence electrons. The Balaban J connectivity index is 1.90. The number of methoxy groups -OCH3 is 1. The number of fused-ring (bicyclic) bond motifs is 1. The Morgan fingerprint density at radius 1 is 1.12 bits per heavy atom. The molecule has 0 unspecified atom stereocenters. The van der Waals surface area contributed by atoms with E-state index in [0.717, 1.165) is 23.5 Å². The van der Waals surface area contributed by atoms with Crippen molar-refractivity contribution in [3.63, 3.8) is 0 Å². The van der Waals surface area contributed by atoms with Crippen LogP contribution in [-0.2, 0) is 0 Å². The number of anilines is 2. The first-order valence-corrected chi connectivity index (χ1v) is 8.14. The van der Waals surface area contributed by atoms with Crippen LogP contribution in [0.25, 0.3) is 10.1 Å². The largest absolute Gasteiger partial charge is 0.497 e. The highest BCUT2D eigenvalue weighted by molar-refractivity contribution is 7.23. The van der Waals surface area contributed by atoms with Gasteiger partial charge in [0.25, 0.3) is 5.91 Å². The number of benzene rings is 2. The summed E-state index contributed by atoms with van der Waals surface area (Å²) in [6.45, 7) is 0. The third kappa shape index (κ3) is 3.42. The Labute approximate surface area is 150 Å². The van der Waals surface area contributed by atoms with Gasteiger partial charge in [-0.1, -0.05) is 0 Å². The highest BCUT2D eigenvalue weighted by atomic mass is 32.1. The van der Waals surface area contributed by atoms with Crippen molar-refractivity contribution in [3.8, 4) is 5.75 Å². The molecule has 1 heterocycles. The summed E-state index contributed by atoms with van der Waals surface area (Å²) in [7, 11) is 1.51. The van der Waals surface area contributed by atoms with Crippen molar-refractivity contribution < 1.29 is 23.1 Å². The second kappa shape index (κ2) is 6.96. The molecule has 0 spiro atoms. The summed E-state index contributed by atoms with van der Waals surface area (Å²) in [5.41, 5.74) is 5.37. The van der Waals surface area contributed by atoms with E-state index in [-0.39, 0.29) is 16.3 Å². The first-order chi connectivity index (χ1) is 12.4. The number of ether oxygens (including phenoxy) is 1.